The van der Waals surface area contributed by atoms with Gasteiger partial charge in [-0.2, -0.15) is 5.10 Å². The van der Waals surface area contributed by atoms with E-state index in [-0.39, 0.29) is 0 Å². The molecule has 0 bridgehead atoms. The molecule has 3 N–H and O–H groups in total. The predicted octanol–water partition coefficient (Wildman–Crippen LogP) is 2.02. The number of hydrogen-bond donors (Lipinski definition) is 2. The SMILES string of the molecule is COc1ccc(NC(N)=NCCCn2cc(C)cn2)cc1. The molecule has 0 unspecified atom stereocenters. The Balaban J connectivity index is 1.75. The minimum absolute atomic E-state index is 0.414. The number of ether oxygens (including phenoxy) is 1. The Hall–Kier alpha value is -2.50. The molecule has 0 amide bonds. The zero-order chi connectivity index (χ0) is 15.1. The number of rotatable bonds is 6. The monoisotopic (exact) mass is 287 g/mol. The number of guanidine groups is 1. The molecule has 6 nitrogen and oxygen atoms in total. The van der Waals surface area contributed by atoms with Crippen LogP contribution in [0.25, 0.3) is 0 Å². The van der Waals surface area contributed by atoms with E-state index in [9.17, 15) is 0 Å². The topological polar surface area (TPSA) is 77.5 Å². The molecule has 0 aliphatic heterocycles. The first-order valence-electron chi connectivity index (χ1n) is 6.87. The molecule has 0 fully saturated rings. The van der Waals surface area contributed by atoms with E-state index in [1.807, 2.05) is 48.3 Å². The second kappa shape index (κ2) is 7.33. The van der Waals surface area contributed by atoms with Crippen molar-refractivity contribution in [2.24, 2.45) is 10.7 Å². The second-order valence-corrected chi connectivity index (χ2v) is 4.75. The smallest absolute Gasteiger partial charge is 0.193 e. The Kier molecular flexibility index (Phi) is 5.20. The highest BCUT2D eigenvalue weighted by molar-refractivity contribution is 5.92. The molecular weight excluding hydrogens is 266 g/mol. The predicted molar refractivity (Wildman–Crippen MR) is 84.7 cm³/mol. The van der Waals surface area contributed by atoms with Crippen LogP contribution in [-0.4, -0.2) is 29.4 Å². The van der Waals surface area contributed by atoms with Crippen molar-refractivity contribution in [2.45, 2.75) is 19.9 Å². The number of methoxy groups -OCH3 is 1. The molecule has 112 valence electrons. The molecule has 0 radical (unpaired) electrons. The average Bonchev–Trinajstić information content (AvgIpc) is 2.90. The molecule has 1 aromatic carbocycles. The second-order valence-electron chi connectivity index (χ2n) is 4.75. The average molecular weight is 287 g/mol. The molecule has 2 aromatic rings. The molecule has 0 aliphatic rings. The molecule has 6 heteroatoms. The van der Waals surface area contributed by atoms with Gasteiger partial charge in [-0.1, -0.05) is 0 Å². The number of nitrogens with two attached hydrogens (primary N) is 1. The third-order valence-electron chi connectivity index (χ3n) is 2.95. The van der Waals surface area contributed by atoms with Crippen LogP contribution in [0.1, 0.15) is 12.0 Å². The van der Waals surface area contributed by atoms with Crippen molar-refractivity contribution >= 4 is 11.6 Å². The highest BCUT2D eigenvalue weighted by Gasteiger charge is 1.97. The van der Waals surface area contributed by atoms with Gasteiger partial charge in [-0.25, -0.2) is 0 Å². The molecule has 21 heavy (non-hydrogen) atoms. The number of benzene rings is 1. The molecule has 2 rings (SSSR count). The van der Waals surface area contributed by atoms with E-state index >= 15 is 0 Å². The minimum Gasteiger partial charge on any atom is -0.497 e. The van der Waals surface area contributed by atoms with Crippen LogP contribution in [0.2, 0.25) is 0 Å². The first kappa shape index (κ1) is 14.9. The van der Waals surface area contributed by atoms with Crippen LogP contribution in [0.3, 0.4) is 0 Å². The van der Waals surface area contributed by atoms with Gasteiger partial charge in [0.1, 0.15) is 5.75 Å². The van der Waals surface area contributed by atoms with Crippen LogP contribution in [0.5, 0.6) is 5.75 Å². The van der Waals surface area contributed by atoms with Crippen LogP contribution in [0, 0.1) is 6.92 Å². The van der Waals surface area contributed by atoms with Crippen molar-refractivity contribution in [2.75, 3.05) is 19.0 Å². The van der Waals surface area contributed by atoms with Crippen molar-refractivity contribution in [1.29, 1.82) is 0 Å². The molecule has 0 atom stereocenters. The first-order chi connectivity index (χ1) is 10.2. The van der Waals surface area contributed by atoms with Crippen molar-refractivity contribution in [1.82, 2.24) is 9.78 Å². The zero-order valence-electron chi connectivity index (χ0n) is 12.4. The summed E-state index contributed by atoms with van der Waals surface area (Å²) in [5, 5.41) is 7.27. The number of nitrogens with zero attached hydrogens (tertiary/aromatic N) is 3. The van der Waals surface area contributed by atoms with Gasteiger partial charge in [0.05, 0.1) is 13.3 Å². The van der Waals surface area contributed by atoms with Crippen molar-refractivity contribution in [3.8, 4) is 5.75 Å². The Morgan fingerprint density at radius 2 is 2.14 bits per heavy atom. The number of aliphatic imine (C=N–C) groups is 1. The summed E-state index contributed by atoms with van der Waals surface area (Å²) in [6.07, 6.45) is 4.76. The van der Waals surface area contributed by atoms with Crippen molar-refractivity contribution < 1.29 is 4.74 Å². The number of nitrogens with one attached hydrogen (secondary N) is 1. The Morgan fingerprint density at radius 3 is 2.76 bits per heavy atom. The summed E-state index contributed by atoms with van der Waals surface area (Å²) in [5.74, 6) is 1.22. The van der Waals surface area contributed by atoms with E-state index in [1.54, 1.807) is 7.11 Å². The maximum absolute atomic E-state index is 5.85. The number of aryl methyl sites for hydroxylation is 2. The van der Waals surface area contributed by atoms with E-state index in [0.29, 0.717) is 12.5 Å². The van der Waals surface area contributed by atoms with E-state index in [0.717, 1.165) is 24.4 Å². The van der Waals surface area contributed by atoms with E-state index in [1.165, 1.54) is 5.56 Å². The quantitative estimate of drug-likeness (QED) is 0.484. The highest BCUT2D eigenvalue weighted by atomic mass is 16.5. The Morgan fingerprint density at radius 1 is 1.38 bits per heavy atom. The fourth-order valence-electron chi connectivity index (χ4n) is 1.88. The molecule has 1 aromatic heterocycles. The fraction of sp³-hybridized carbons (Fsp3) is 0.333. The van der Waals surface area contributed by atoms with Gasteiger partial charge in [0.15, 0.2) is 5.96 Å². The number of hydrogen-bond acceptors (Lipinski definition) is 3. The molecule has 0 saturated carbocycles. The lowest BCUT2D eigenvalue weighted by atomic mass is 10.3. The normalized spacial score (nSPS) is 11.4. The first-order valence-corrected chi connectivity index (χ1v) is 6.87. The van der Waals surface area contributed by atoms with Gasteiger partial charge in [0.2, 0.25) is 0 Å². The highest BCUT2D eigenvalue weighted by Crippen LogP contribution is 2.14. The molecule has 0 aliphatic carbocycles. The zero-order valence-corrected chi connectivity index (χ0v) is 12.4. The van der Waals surface area contributed by atoms with Crippen LogP contribution < -0.4 is 15.8 Å². The van der Waals surface area contributed by atoms with E-state index in [2.05, 4.69) is 15.4 Å². The Bertz CT molecular complexity index is 588. The van der Waals surface area contributed by atoms with Gasteiger partial charge in [0, 0.05) is 25.0 Å². The number of aromatic nitrogens is 2. The lowest BCUT2D eigenvalue weighted by molar-refractivity contribution is 0.415. The maximum Gasteiger partial charge on any atom is 0.193 e. The summed E-state index contributed by atoms with van der Waals surface area (Å²) in [5.41, 5.74) is 7.90. The fourth-order valence-corrected chi connectivity index (χ4v) is 1.88. The lowest BCUT2D eigenvalue weighted by Gasteiger charge is -2.06. The molecule has 0 saturated heterocycles. The Labute approximate surface area is 124 Å². The molecule has 0 spiro atoms. The van der Waals surface area contributed by atoms with E-state index < -0.39 is 0 Å². The van der Waals surface area contributed by atoms with E-state index in [4.69, 9.17) is 10.5 Å². The summed E-state index contributed by atoms with van der Waals surface area (Å²) in [6.45, 7) is 3.53. The minimum atomic E-state index is 0.414. The lowest BCUT2D eigenvalue weighted by Crippen LogP contribution is -2.22. The third kappa shape index (κ3) is 4.83. The van der Waals surface area contributed by atoms with Crippen molar-refractivity contribution in [3.05, 3.63) is 42.2 Å². The van der Waals surface area contributed by atoms with Crippen LogP contribution in [0.4, 0.5) is 5.69 Å². The summed E-state index contributed by atoms with van der Waals surface area (Å²) >= 11 is 0. The van der Waals surface area contributed by atoms with Crippen LogP contribution in [-0.2, 0) is 6.54 Å². The summed E-state index contributed by atoms with van der Waals surface area (Å²) < 4.78 is 7.01. The van der Waals surface area contributed by atoms with Crippen LogP contribution in [0.15, 0.2) is 41.7 Å². The standard InChI is InChI=1S/C15H21N5O/c1-12-10-18-20(11-12)9-3-8-17-15(16)19-13-4-6-14(21-2)7-5-13/h4-7,10-11H,3,8-9H2,1-2H3,(H3,16,17,19). The van der Waals surface area contributed by atoms with Crippen molar-refractivity contribution in [3.63, 3.8) is 0 Å². The molecule has 1 heterocycles. The summed E-state index contributed by atoms with van der Waals surface area (Å²) in [7, 11) is 1.64. The number of anilines is 1. The van der Waals surface area contributed by atoms with Gasteiger partial charge in [0.25, 0.3) is 0 Å². The van der Waals surface area contributed by atoms with Gasteiger partial charge in [-0.3, -0.25) is 9.67 Å². The summed E-state index contributed by atoms with van der Waals surface area (Å²) in [6, 6.07) is 7.53. The largest absolute Gasteiger partial charge is 0.497 e. The van der Waals surface area contributed by atoms with Gasteiger partial charge in [-0.15, -0.1) is 0 Å². The summed E-state index contributed by atoms with van der Waals surface area (Å²) in [4.78, 5) is 4.29. The molecular formula is C15H21N5O. The van der Waals surface area contributed by atoms with Gasteiger partial charge in [-0.05, 0) is 43.2 Å². The maximum atomic E-state index is 5.85. The third-order valence-corrected chi connectivity index (χ3v) is 2.95. The van der Waals surface area contributed by atoms with Crippen LogP contribution >= 0.6 is 0 Å². The van der Waals surface area contributed by atoms with Gasteiger partial charge < -0.3 is 15.8 Å². The van der Waals surface area contributed by atoms with Gasteiger partial charge >= 0.3 is 0 Å².